The highest BCUT2D eigenvalue weighted by Crippen LogP contribution is 2.25. The number of thiazole rings is 1. The predicted molar refractivity (Wildman–Crippen MR) is 98.2 cm³/mol. The molecule has 0 spiro atoms. The molecule has 3 rings (SSSR count). The number of carbonyl (C=O) groups is 3. The second kappa shape index (κ2) is 8.09. The molecule has 0 N–H and O–H groups in total. The van der Waals surface area contributed by atoms with Gasteiger partial charge < -0.3 is 9.64 Å². The molecule has 0 saturated carbocycles. The number of para-hydroxylation sites is 1. The zero-order valence-electron chi connectivity index (χ0n) is 14.4. The number of likely N-dealkylation sites (N-methyl/N-ethyl adjacent to an activating group) is 1. The molecule has 1 aromatic carbocycles. The Hall–Kier alpha value is -2.74. The molecule has 2 amide bonds. The van der Waals surface area contributed by atoms with Crippen LogP contribution in [0.15, 0.2) is 35.7 Å². The van der Waals surface area contributed by atoms with Crippen LogP contribution < -0.4 is 9.80 Å². The Bertz CT molecular complexity index is 806. The minimum absolute atomic E-state index is 0.0269. The van der Waals surface area contributed by atoms with Crippen LogP contribution in [-0.2, 0) is 25.5 Å². The Morgan fingerprint density at radius 2 is 2.08 bits per heavy atom. The molecule has 0 bridgehead atoms. The molecule has 8 heteroatoms. The molecule has 1 aliphatic heterocycles. The van der Waals surface area contributed by atoms with Crippen LogP contribution in [0.2, 0.25) is 0 Å². The van der Waals surface area contributed by atoms with Gasteiger partial charge in [0.2, 0.25) is 5.91 Å². The van der Waals surface area contributed by atoms with Crippen molar-refractivity contribution in [1.82, 2.24) is 4.98 Å². The molecule has 0 unspecified atom stereocenters. The van der Waals surface area contributed by atoms with Crippen molar-refractivity contribution in [3.63, 3.8) is 0 Å². The lowest BCUT2D eigenvalue weighted by atomic mass is 10.3. The Morgan fingerprint density at radius 1 is 1.31 bits per heavy atom. The van der Waals surface area contributed by atoms with Crippen LogP contribution in [0.25, 0.3) is 0 Å². The van der Waals surface area contributed by atoms with E-state index in [1.54, 1.807) is 29.5 Å². The summed E-state index contributed by atoms with van der Waals surface area (Å²) in [5, 5.41) is 2.34. The molecule has 1 fully saturated rings. The van der Waals surface area contributed by atoms with Crippen LogP contribution in [0.3, 0.4) is 0 Å². The number of carbonyl (C=O) groups excluding carboxylic acids is 3. The van der Waals surface area contributed by atoms with Crippen LogP contribution in [-0.4, -0.2) is 43.0 Å². The molecule has 26 heavy (non-hydrogen) atoms. The summed E-state index contributed by atoms with van der Waals surface area (Å²) in [6.45, 7) is 0.336. The number of rotatable bonds is 6. The zero-order valence-corrected chi connectivity index (χ0v) is 15.2. The van der Waals surface area contributed by atoms with Gasteiger partial charge in [-0.15, -0.1) is 11.3 Å². The summed E-state index contributed by atoms with van der Waals surface area (Å²) < 4.78 is 5.06. The normalized spacial score (nSPS) is 13.7. The average molecular weight is 373 g/mol. The monoisotopic (exact) mass is 373 g/mol. The van der Waals surface area contributed by atoms with Gasteiger partial charge in [-0.3, -0.25) is 19.3 Å². The first-order valence-corrected chi connectivity index (χ1v) is 9.14. The molecule has 2 heterocycles. The molecular weight excluding hydrogens is 354 g/mol. The summed E-state index contributed by atoms with van der Waals surface area (Å²) in [5.74, 6) is -0.779. The third kappa shape index (κ3) is 4.26. The number of hydrogen-bond donors (Lipinski definition) is 0. The number of aromatic nitrogens is 1. The van der Waals surface area contributed by atoms with Gasteiger partial charge >= 0.3 is 5.97 Å². The SMILES string of the molecule is CN(C(=O)COC(=O)Cc1csc(N2CCCC2=O)n1)c1ccccc1. The minimum Gasteiger partial charge on any atom is -0.455 e. The first-order chi connectivity index (χ1) is 12.5. The van der Waals surface area contributed by atoms with Gasteiger partial charge in [-0.1, -0.05) is 18.2 Å². The Labute approximate surface area is 155 Å². The Morgan fingerprint density at radius 3 is 2.77 bits per heavy atom. The molecule has 1 saturated heterocycles. The number of nitrogens with zero attached hydrogens (tertiary/aromatic N) is 3. The quantitative estimate of drug-likeness (QED) is 0.724. The lowest BCUT2D eigenvalue weighted by molar-refractivity contribution is -0.147. The first-order valence-electron chi connectivity index (χ1n) is 8.26. The highest BCUT2D eigenvalue weighted by molar-refractivity contribution is 7.14. The van der Waals surface area contributed by atoms with Gasteiger partial charge in [0.15, 0.2) is 11.7 Å². The van der Waals surface area contributed by atoms with Crippen molar-refractivity contribution in [1.29, 1.82) is 0 Å². The molecule has 136 valence electrons. The van der Waals surface area contributed by atoms with E-state index < -0.39 is 5.97 Å². The van der Waals surface area contributed by atoms with Gasteiger partial charge in [0.1, 0.15) is 0 Å². The molecule has 1 aliphatic rings. The third-order valence-electron chi connectivity index (χ3n) is 4.04. The third-order valence-corrected chi connectivity index (χ3v) is 4.96. The second-order valence-electron chi connectivity index (χ2n) is 5.90. The summed E-state index contributed by atoms with van der Waals surface area (Å²) >= 11 is 1.33. The molecular formula is C18H19N3O4S. The van der Waals surface area contributed by atoms with Crippen LogP contribution in [0.4, 0.5) is 10.8 Å². The summed E-state index contributed by atoms with van der Waals surface area (Å²) in [6, 6.07) is 9.12. The number of anilines is 2. The van der Waals surface area contributed by atoms with E-state index in [-0.39, 0.29) is 24.8 Å². The topological polar surface area (TPSA) is 79.8 Å². The van der Waals surface area contributed by atoms with E-state index in [1.165, 1.54) is 16.2 Å². The van der Waals surface area contributed by atoms with Gasteiger partial charge in [0.25, 0.3) is 5.91 Å². The summed E-state index contributed by atoms with van der Waals surface area (Å²) in [5.41, 5.74) is 1.27. The maximum atomic E-state index is 12.1. The van der Waals surface area contributed by atoms with Crippen LogP contribution in [0.1, 0.15) is 18.5 Å². The largest absolute Gasteiger partial charge is 0.455 e. The van der Waals surface area contributed by atoms with E-state index in [0.29, 0.717) is 23.8 Å². The molecule has 0 aliphatic carbocycles. The van der Waals surface area contributed by atoms with E-state index in [0.717, 1.165) is 12.1 Å². The second-order valence-corrected chi connectivity index (χ2v) is 6.73. The molecule has 7 nitrogen and oxygen atoms in total. The molecule has 2 aromatic rings. The maximum Gasteiger partial charge on any atom is 0.312 e. The first kappa shape index (κ1) is 18.1. The van der Waals surface area contributed by atoms with E-state index in [4.69, 9.17) is 4.74 Å². The lowest BCUT2D eigenvalue weighted by Gasteiger charge is -2.16. The van der Waals surface area contributed by atoms with Gasteiger partial charge in [-0.05, 0) is 18.6 Å². The van der Waals surface area contributed by atoms with Gasteiger partial charge in [-0.2, -0.15) is 0 Å². The van der Waals surface area contributed by atoms with Crippen LogP contribution >= 0.6 is 11.3 Å². The number of amides is 2. The Kier molecular flexibility index (Phi) is 5.62. The van der Waals surface area contributed by atoms with Crippen LogP contribution in [0.5, 0.6) is 0 Å². The average Bonchev–Trinajstić information content (AvgIpc) is 3.28. The van der Waals surface area contributed by atoms with Crippen LogP contribution in [0, 0.1) is 0 Å². The molecule has 0 radical (unpaired) electrons. The smallest absolute Gasteiger partial charge is 0.312 e. The van der Waals surface area contributed by atoms with E-state index in [9.17, 15) is 14.4 Å². The number of hydrogen-bond acceptors (Lipinski definition) is 6. The van der Waals surface area contributed by atoms with Crippen molar-refractivity contribution in [2.75, 3.05) is 30.0 Å². The standard InChI is InChI=1S/C18H19N3O4S/c1-20(14-6-3-2-4-7-14)16(23)11-25-17(24)10-13-12-26-18(19-13)21-9-5-8-15(21)22/h2-4,6-7,12H,5,8-11H2,1H3. The minimum atomic E-state index is -0.524. The molecule has 0 atom stereocenters. The van der Waals surface area contributed by atoms with Crippen molar-refractivity contribution in [2.45, 2.75) is 19.3 Å². The van der Waals surface area contributed by atoms with Gasteiger partial charge in [0.05, 0.1) is 12.1 Å². The van der Waals surface area contributed by atoms with Crippen molar-refractivity contribution >= 4 is 39.9 Å². The van der Waals surface area contributed by atoms with E-state index >= 15 is 0 Å². The summed E-state index contributed by atoms with van der Waals surface area (Å²) in [4.78, 5) is 43.2. The van der Waals surface area contributed by atoms with Gasteiger partial charge in [0, 0.05) is 31.1 Å². The Balaban J connectivity index is 1.49. The zero-order chi connectivity index (χ0) is 18.5. The van der Waals surface area contributed by atoms with E-state index in [2.05, 4.69) is 4.98 Å². The maximum absolute atomic E-state index is 12.1. The lowest BCUT2D eigenvalue weighted by Crippen LogP contribution is -2.31. The number of ether oxygens (including phenoxy) is 1. The fourth-order valence-electron chi connectivity index (χ4n) is 2.59. The van der Waals surface area contributed by atoms with Crippen molar-refractivity contribution in [2.24, 2.45) is 0 Å². The number of esters is 1. The molecule has 1 aromatic heterocycles. The van der Waals surface area contributed by atoms with Crippen molar-refractivity contribution in [3.05, 3.63) is 41.4 Å². The highest BCUT2D eigenvalue weighted by Gasteiger charge is 2.24. The predicted octanol–water partition coefficient (Wildman–Crippen LogP) is 2.02. The highest BCUT2D eigenvalue weighted by atomic mass is 32.1. The van der Waals surface area contributed by atoms with Crippen molar-refractivity contribution < 1.29 is 19.1 Å². The summed E-state index contributed by atoms with van der Waals surface area (Å²) in [6.07, 6.45) is 1.34. The van der Waals surface area contributed by atoms with E-state index in [1.807, 2.05) is 18.2 Å². The number of benzene rings is 1. The fourth-order valence-corrected chi connectivity index (χ4v) is 3.45. The van der Waals surface area contributed by atoms with Crippen molar-refractivity contribution in [3.8, 4) is 0 Å². The van der Waals surface area contributed by atoms with Gasteiger partial charge in [-0.25, -0.2) is 4.98 Å². The fraction of sp³-hybridized carbons (Fsp3) is 0.333. The summed E-state index contributed by atoms with van der Waals surface area (Å²) in [7, 11) is 1.63.